The van der Waals surface area contributed by atoms with E-state index in [2.05, 4.69) is 0 Å². The molecule has 0 saturated carbocycles. The standard InChI is InChI=1S/C18H21NO4/c1-11-7-14(18(21)22)10-19(9-11)17(20)12(2)16-8-13-5-3-4-6-15(13)23-16/h3-6,8,11-12,14H,7,9-10H2,1-2H3,(H,21,22). The molecule has 23 heavy (non-hydrogen) atoms. The second-order valence-corrected chi connectivity index (χ2v) is 6.53. The van der Waals surface area contributed by atoms with Crippen LogP contribution in [-0.4, -0.2) is 35.0 Å². The van der Waals surface area contributed by atoms with E-state index >= 15 is 0 Å². The summed E-state index contributed by atoms with van der Waals surface area (Å²) in [7, 11) is 0. The van der Waals surface area contributed by atoms with E-state index in [-0.39, 0.29) is 18.4 Å². The van der Waals surface area contributed by atoms with Gasteiger partial charge in [0, 0.05) is 18.5 Å². The van der Waals surface area contributed by atoms with Crippen LogP contribution >= 0.6 is 0 Å². The van der Waals surface area contributed by atoms with E-state index in [0.717, 1.165) is 11.0 Å². The molecule has 1 amide bonds. The number of nitrogens with zero attached hydrogens (tertiary/aromatic N) is 1. The Morgan fingerprint density at radius 1 is 1.30 bits per heavy atom. The van der Waals surface area contributed by atoms with Gasteiger partial charge in [-0.3, -0.25) is 9.59 Å². The number of benzene rings is 1. The van der Waals surface area contributed by atoms with Crippen molar-refractivity contribution in [3.05, 3.63) is 36.1 Å². The molecule has 0 bridgehead atoms. The fourth-order valence-electron chi connectivity index (χ4n) is 3.32. The predicted octanol–water partition coefficient (Wildman–Crippen LogP) is 3.11. The normalized spacial score (nSPS) is 23.0. The maximum Gasteiger partial charge on any atom is 0.308 e. The monoisotopic (exact) mass is 315 g/mol. The number of rotatable bonds is 3. The molecule has 122 valence electrons. The highest BCUT2D eigenvalue weighted by atomic mass is 16.4. The van der Waals surface area contributed by atoms with E-state index in [9.17, 15) is 14.7 Å². The number of amides is 1. The van der Waals surface area contributed by atoms with Crippen molar-refractivity contribution in [1.29, 1.82) is 0 Å². The number of piperidine rings is 1. The lowest BCUT2D eigenvalue weighted by Crippen LogP contribution is -2.46. The highest BCUT2D eigenvalue weighted by Gasteiger charge is 2.34. The Bertz CT molecular complexity index is 702. The van der Waals surface area contributed by atoms with Gasteiger partial charge in [-0.1, -0.05) is 25.1 Å². The van der Waals surface area contributed by atoms with Crippen LogP contribution in [-0.2, 0) is 9.59 Å². The van der Waals surface area contributed by atoms with E-state index in [1.807, 2.05) is 44.2 Å². The number of hydrogen-bond acceptors (Lipinski definition) is 3. The summed E-state index contributed by atoms with van der Waals surface area (Å²) in [6.45, 7) is 4.69. The number of aliphatic carboxylic acids is 1. The molecule has 0 aliphatic carbocycles. The van der Waals surface area contributed by atoms with Gasteiger partial charge in [-0.25, -0.2) is 0 Å². The maximum atomic E-state index is 12.8. The van der Waals surface area contributed by atoms with Crippen LogP contribution in [0.5, 0.6) is 0 Å². The Balaban J connectivity index is 1.79. The van der Waals surface area contributed by atoms with Gasteiger partial charge in [0.25, 0.3) is 0 Å². The minimum Gasteiger partial charge on any atom is -0.481 e. The van der Waals surface area contributed by atoms with Crippen LogP contribution in [0.25, 0.3) is 11.0 Å². The number of furan rings is 1. The van der Waals surface area contributed by atoms with Gasteiger partial charge in [-0.15, -0.1) is 0 Å². The fourth-order valence-corrected chi connectivity index (χ4v) is 3.32. The zero-order chi connectivity index (χ0) is 16.6. The summed E-state index contributed by atoms with van der Waals surface area (Å²) < 4.78 is 5.78. The Labute approximate surface area is 134 Å². The number of hydrogen-bond donors (Lipinski definition) is 1. The average Bonchev–Trinajstić information content (AvgIpc) is 2.96. The van der Waals surface area contributed by atoms with Gasteiger partial charge in [-0.2, -0.15) is 0 Å². The lowest BCUT2D eigenvalue weighted by Gasteiger charge is -2.35. The molecule has 1 aromatic heterocycles. The van der Waals surface area contributed by atoms with Crippen LogP contribution in [0.1, 0.15) is 31.9 Å². The summed E-state index contributed by atoms with van der Waals surface area (Å²) in [4.78, 5) is 25.7. The van der Waals surface area contributed by atoms with Crippen LogP contribution in [0, 0.1) is 11.8 Å². The number of carbonyl (C=O) groups excluding carboxylic acids is 1. The molecule has 1 N–H and O–H groups in total. The molecule has 3 rings (SSSR count). The van der Waals surface area contributed by atoms with E-state index < -0.39 is 17.8 Å². The first-order chi connectivity index (χ1) is 11.0. The summed E-state index contributed by atoms with van der Waals surface area (Å²) in [5, 5.41) is 10.2. The van der Waals surface area contributed by atoms with Gasteiger partial charge in [0.2, 0.25) is 5.91 Å². The van der Waals surface area contributed by atoms with E-state index in [1.54, 1.807) is 4.90 Å². The molecule has 2 aromatic rings. The smallest absolute Gasteiger partial charge is 0.308 e. The lowest BCUT2D eigenvalue weighted by atomic mass is 9.89. The number of carboxylic acid groups (broad SMARTS) is 1. The molecule has 5 heteroatoms. The Kier molecular flexibility index (Phi) is 4.11. The van der Waals surface area contributed by atoms with Crippen LogP contribution in [0.3, 0.4) is 0 Å². The molecule has 0 radical (unpaired) electrons. The first-order valence-electron chi connectivity index (χ1n) is 7.95. The Morgan fingerprint density at radius 3 is 2.74 bits per heavy atom. The van der Waals surface area contributed by atoms with Crippen LogP contribution in [0.2, 0.25) is 0 Å². The van der Waals surface area contributed by atoms with Crippen LogP contribution in [0.4, 0.5) is 0 Å². The molecule has 1 saturated heterocycles. The third-order valence-electron chi connectivity index (χ3n) is 4.56. The first-order valence-corrected chi connectivity index (χ1v) is 7.95. The summed E-state index contributed by atoms with van der Waals surface area (Å²) in [5.41, 5.74) is 0.762. The molecule has 5 nitrogen and oxygen atoms in total. The van der Waals surface area contributed by atoms with Crippen molar-refractivity contribution < 1.29 is 19.1 Å². The first kappa shape index (κ1) is 15.6. The Morgan fingerprint density at radius 2 is 2.04 bits per heavy atom. The van der Waals surface area contributed by atoms with Gasteiger partial charge in [0.1, 0.15) is 11.3 Å². The van der Waals surface area contributed by atoms with Gasteiger partial charge in [0.15, 0.2) is 0 Å². The van der Waals surface area contributed by atoms with Crippen molar-refractivity contribution in [3.8, 4) is 0 Å². The molecule has 0 spiro atoms. The molecule has 1 aliphatic rings. The molecular formula is C18H21NO4. The third-order valence-corrected chi connectivity index (χ3v) is 4.56. The van der Waals surface area contributed by atoms with Crippen molar-refractivity contribution in [2.45, 2.75) is 26.2 Å². The van der Waals surface area contributed by atoms with E-state index in [0.29, 0.717) is 18.7 Å². The summed E-state index contributed by atoms with van der Waals surface area (Å²) in [5.74, 6) is -0.974. The minimum atomic E-state index is -0.828. The second-order valence-electron chi connectivity index (χ2n) is 6.53. The highest BCUT2D eigenvalue weighted by Crippen LogP contribution is 2.29. The van der Waals surface area contributed by atoms with Gasteiger partial charge in [0.05, 0.1) is 11.8 Å². The molecule has 3 atom stereocenters. The third kappa shape index (κ3) is 3.09. The zero-order valence-electron chi connectivity index (χ0n) is 13.4. The summed E-state index contributed by atoms with van der Waals surface area (Å²) in [6, 6.07) is 9.53. The highest BCUT2D eigenvalue weighted by molar-refractivity contribution is 5.86. The molecule has 2 heterocycles. The Hall–Kier alpha value is -2.30. The molecule has 3 unspecified atom stereocenters. The van der Waals surface area contributed by atoms with Gasteiger partial charge >= 0.3 is 5.97 Å². The second kappa shape index (κ2) is 6.07. The number of carbonyl (C=O) groups is 2. The largest absolute Gasteiger partial charge is 0.481 e. The lowest BCUT2D eigenvalue weighted by molar-refractivity contribution is -0.147. The number of para-hydroxylation sites is 1. The maximum absolute atomic E-state index is 12.8. The van der Waals surface area contributed by atoms with Crippen molar-refractivity contribution in [3.63, 3.8) is 0 Å². The SMILES string of the molecule is CC1CC(C(=O)O)CN(C(=O)C(C)c2cc3ccccc3o2)C1. The van der Waals surface area contributed by atoms with Crippen LogP contribution in [0.15, 0.2) is 34.7 Å². The summed E-state index contributed by atoms with van der Waals surface area (Å²) in [6.07, 6.45) is 0.623. The topological polar surface area (TPSA) is 70.8 Å². The van der Waals surface area contributed by atoms with Gasteiger partial charge in [-0.05, 0) is 31.4 Å². The predicted molar refractivity (Wildman–Crippen MR) is 86.1 cm³/mol. The average molecular weight is 315 g/mol. The van der Waals surface area contributed by atoms with E-state index in [4.69, 9.17) is 4.42 Å². The van der Waals surface area contributed by atoms with E-state index in [1.165, 1.54) is 0 Å². The number of carboxylic acids is 1. The molecular weight excluding hydrogens is 294 g/mol. The van der Waals surface area contributed by atoms with Crippen molar-refractivity contribution in [1.82, 2.24) is 4.90 Å². The van der Waals surface area contributed by atoms with Crippen molar-refractivity contribution in [2.75, 3.05) is 13.1 Å². The number of likely N-dealkylation sites (tertiary alicyclic amines) is 1. The molecule has 1 aromatic carbocycles. The minimum absolute atomic E-state index is 0.0677. The fraction of sp³-hybridized carbons (Fsp3) is 0.444. The van der Waals surface area contributed by atoms with Crippen molar-refractivity contribution >= 4 is 22.8 Å². The quantitative estimate of drug-likeness (QED) is 0.945. The summed E-state index contributed by atoms with van der Waals surface area (Å²) >= 11 is 0. The molecule has 1 aliphatic heterocycles. The van der Waals surface area contributed by atoms with Crippen molar-refractivity contribution in [2.24, 2.45) is 11.8 Å². The van der Waals surface area contributed by atoms with Gasteiger partial charge < -0.3 is 14.4 Å². The molecule has 1 fully saturated rings. The number of fused-ring (bicyclic) bond motifs is 1. The zero-order valence-corrected chi connectivity index (χ0v) is 13.4. The van der Waals surface area contributed by atoms with Crippen LogP contribution < -0.4 is 0 Å².